The summed E-state index contributed by atoms with van der Waals surface area (Å²) in [6.45, 7) is 12.8. The van der Waals surface area contributed by atoms with Crippen LogP contribution in [-0.2, 0) is 0 Å². The first-order chi connectivity index (χ1) is 7.00. The van der Waals surface area contributed by atoms with Gasteiger partial charge in [0, 0.05) is 6.04 Å². The third-order valence-electron chi connectivity index (χ3n) is 3.88. The fourth-order valence-corrected chi connectivity index (χ4v) is 2.76. The summed E-state index contributed by atoms with van der Waals surface area (Å²) in [4.78, 5) is 0. The Balaban J connectivity index is 2.22. The van der Waals surface area contributed by atoms with Gasteiger partial charge in [0.15, 0.2) is 0 Å². The van der Waals surface area contributed by atoms with Crippen LogP contribution < -0.4 is 5.32 Å². The van der Waals surface area contributed by atoms with Gasteiger partial charge in [-0.1, -0.05) is 41.0 Å². The van der Waals surface area contributed by atoms with Crippen molar-refractivity contribution in [3.05, 3.63) is 0 Å². The molecule has 1 aliphatic carbocycles. The van der Waals surface area contributed by atoms with E-state index in [1.165, 1.54) is 25.8 Å². The van der Waals surface area contributed by atoms with Gasteiger partial charge in [0.25, 0.3) is 0 Å². The van der Waals surface area contributed by atoms with E-state index in [1.807, 2.05) is 0 Å². The SMILES string of the molecule is CC(C)CCC1C(C)CC1CNC(C)C. The summed E-state index contributed by atoms with van der Waals surface area (Å²) >= 11 is 0. The lowest BCUT2D eigenvalue weighted by Gasteiger charge is -2.44. The van der Waals surface area contributed by atoms with Gasteiger partial charge in [0.1, 0.15) is 0 Å². The lowest BCUT2D eigenvalue weighted by molar-refractivity contribution is 0.0699. The molecule has 0 aromatic carbocycles. The molecule has 0 radical (unpaired) electrons. The molecule has 3 unspecified atom stereocenters. The number of rotatable bonds is 6. The fraction of sp³-hybridized carbons (Fsp3) is 1.00. The lowest BCUT2D eigenvalue weighted by Crippen LogP contribution is -2.43. The molecule has 0 aliphatic heterocycles. The molecule has 1 fully saturated rings. The van der Waals surface area contributed by atoms with Gasteiger partial charge in [-0.2, -0.15) is 0 Å². The summed E-state index contributed by atoms with van der Waals surface area (Å²) in [5.41, 5.74) is 0. The van der Waals surface area contributed by atoms with E-state index in [1.54, 1.807) is 0 Å². The molecule has 15 heavy (non-hydrogen) atoms. The van der Waals surface area contributed by atoms with Gasteiger partial charge in [-0.25, -0.2) is 0 Å². The summed E-state index contributed by atoms with van der Waals surface area (Å²) < 4.78 is 0. The highest BCUT2D eigenvalue weighted by molar-refractivity contribution is 4.88. The van der Waals surface area contributed by atoms with Crippen molar-refractivity contribution in [3.63, 3.8) is 0 Å². The zero-order valence-corrected chi connectivity index (χ0v) is 11.2. The van der Waals surface area contributed by atoms with Gasteiger partial charge < -0.3 is 5.32 Å². The van der Waals surface area contributed by atoms with Crippen LogP contribution in [0.15, 0.2) is 0 Å². The van der Waals surface area contributed by atoms with Gasteiger partial charge in [0.2, 0.25) is 0 Å². The van der Waals surface area contributed by atoms with E-state index >= 15 is 0 Å². The molecule has 1 heteroatoms. The predicted octanol–water partition coefficient (Wildman–Crippen LogP) is 3.69. The second kappa shape index (κ2) is 5.89. The van der Waals surface area contributed by atoms with E-state index < -0.39 is 0 Å². The quantitative estimate of drug-likeness (QED) is 0.706. The van der Waals surface area contributed by atoms with E-state index in [-0.39, 0.29) is 0 Å². The summed E-state index contributed by atoms with van der Waals surface area (Å²) in [7, 11) is 0. The third kappa shape index (κ3) is 4.14. The number of nitrogens with one attached hydrogen (secondary N) is 1. The molecule has 1 saturated carbocycles. The Bertz CT molecular complexity index is 174. The molecule has 0 spiro atoms. The molecule has 0 heterocycles. The smallest absolute Gasteiger partial charge is 0.00104 e. The average molecular weight is 211 g/mol. The molecule has 0 aromatic heterocycles. The lowest BCUT2D eigenvalue weighted by atomic mass is 9.63. The standard InChI is InChI=1S/C14H29N/c1-10(2)6-7-14-12(5)8-13(14)9-15-11(3)4/h10-15H,6-9H2,1-5H3. The Hall–Kier alpha value is -0.0400. The molecule has 1 nitrogen and oxygen atoms in total. The van der Waals surface area contributed by atoms with Crippen molar-refractivity contribution < 1.29 is 0 Å². The van der Waals surface area contributed by atoms with Crippen LogP contribution in [0.5, 0.6) is 0 Å². The Morgan fingerprint density at radius 3 is 2.33 bits per heavy atom. The Morgan fingerprint density at radius 2 is 1.87 bits per heavy atom. The van der Waals surface area contributed by atoms with E-state index in [4.69, 9.17) is 0 Å². The van der Waals surface area contributed by atoms with Crippen LogP contribution in [0, 0.1) is 23.7 Å². The summed E-state index contributed by atoms with van der Waals surface area (Å²) in [5, 5.41) is 3.59. The largest absolute Gasteiger partial charge is 0.314 e. The molecule has 0 aromatic rings. The molecule has 90 valence electrons. The minimum Gasteiger partial charge on any atom is -0.314 e. The maximum Gasteiger partial charge on any atom is 0.00104 e. The van der Waals surface area contributed by atoms with Crippen LogP contribution >= 0.6 is 0 Å². The summed E-state index contributed by atoms with van der Waals surface area (Å²) in [6.07, 6.45) is 4.30. The molecule has 3 atom stereocenters. The monoisotopic (exact) mass is 211 g/mol. The van der Waals surface area contributed by atoms with E-state index in [0.717, 1.165) is 23.7 Å². The van der Waals surface area contributed by atoms with Crippen LogP contribution in [-0.4, -0.2) is 12.6 Å². The molecule has 0 saturated heterocycles. The highest BCUT2D eigenvalue weighted by atomic mass is 14.9. The van der Waals surface area contributed by atoms with Crippen molar-refractivity contribution >= 4 is 0 Å². The minimum atomic E-state index is 0.645. The van der Waals surface area contributed by atoms with Crippen LogP contribution in [0.3, 0.4) is 0 Å². The van der Waals surface area contributed by atoms with Crippen molar-refractivity contribution in [3.8, 4) is 0 Å². The molecular weight excluding hydrogens is 182 g/mol. The fourth-order valence-electron chi connectivity index (χ4n) is 2.76. The normalized spacial score (nSPS) is 31.0. The van der Waals surface area contributed by atoms with E-state index in [2.05, 4.69) is 39.9 Å². The second-order valence-electron chi connectivity index (χ2n) is 6.17. The van der Waals surface area contributed by atoms with Crippen LogP contribution in [0.25, 0.3) is 0 Å². The molecule has 1 N–H and O–H groups in total. The predicted molar refractivity (Wildman–Crippen MR) is 68.0 cm³/mol. The Kier molecular flexibility index (Phi) is 5.11. The first-order valence-corrected chi connectivity index (χ1v) is 6.74. The zero-order chi connectivity index (χ0) is 11.4. The maximum absolute atomic E-state index is 3.59. The van der Waals surface area contributed by atoms with Gasteiger partial charge >= 0.3 is 0 Å². The first kappa shape index (κ1) is 13.0. The van der Waals surface area contributed by atoms with E-state index in [0.29, 0.717) is 6.04 Å². The topological polar surface area (TPSA) is 12.0 Å². The number of hydrogen-bond donors (Lipinski definition) is 1. The van der Waals surface area contributed by atoms with Crippen LogP contribution in [0.1, 0.15) is 53.9 Å². The first-order valence-electron chi connectivity index (χ1n) is 6.74. The average Bonchev–Trinajstić information content (AvgIpc) is 2.11. The van der Waals surface area contributed by atoms with E-state index in [9.17, 15) is 0 Å². The van der Waals surface area contributed by atoms with Crippen molar-refractivity contribution in [1.29, 1.82) is 0 Å². The molecule has 0 amide bonds. The Morgan fingerprint density at radius 1 is 1.20 bits per heavy atom. The highest BCUT2D eigenvalue weighted by Crippen LogP contribution is 2.43. The van der Waals surface area contributed by atoms with Gasteiger partial charge in [0.05, 0.1) is 0 Å². The molecular formula is C14H29N. The highest BCUT2D eigenvalue weighted by Gasteiger charge is 2.36. The second-order valence-corrected chi connectivity index (χ2v) is 6.17. The third-order valence-corrected chi connectivity index (χ3v) is 3.88. The van der Waals surface area contributed by atoms with Gasteiger partial charge in [-0.3, -0.25) is 0 Å². The van der Waals surface area contributed by atoms with Crippen molar-refractivity contribution in [1.82, 2.24) is 5.32 Å². The Labute approximate surface area is 96.0 Å². The number of hydrogen-bond acceptors (Lipinski definition) is 1. The summed E-state index contributed by atoms with van der Waals surface area (Å²) in [6, 6.07) is 0.645. The minimum absolute atomic E-state index is 0.645. The van der Waals surface area contributed by atoms with Crippen LogP contribution in [0.2, 0.25) is 0 Å². The van der Waals surface area contributed by atoms with Crippen molar-refractivity contribution in [2.75, 3.05) is 6.54 Å². The molecule has 1 rings (SSSR count). The molecule has 0 bridgehead atoms. The zero-order valence-electron chi connectivity index (χ0n) is 11.2. The summed E-state index contributed by atoms with van der Waals surface area (Å²) in [5.74, 6) is 3.80. The van der Waals surface area contributed by atoms with Gasteiger partial charge in [-0.05, 0) is 43.1 Å². The molecule has 1 aliphatic rings. The van der Waals surface area contributed by atoms with Gasteiger partial charge in [-0.15, -0.1) is 0 Å². The van der Waals surface area contributed by atoms with Crippen LogP contribution in [0.4, 0.5) is 0 Å². The maximum atomic E-state index is 3.59. The van der Waals surface area contributed by atoms with Crippen molar-refractivity contribution in [2.45, 2.75) is 59.9 Å². The van der Waals surface area contributed by atoms with Crippen molar-refractivity contribution in [2.24, 2.45) is 23.7 Å².